The van der Waals surface area contributed by atoms with E-state index >= 15 is 0 Å². The molecule has 1 heterocycles. The van der Waals surface area contributed by atoms with Gasteiger partial charge in [0.25, 0.3) is 0 Å². The van der Waals surface area contributed by atoms with Crippen molar-refractivity contribution in [3.8, 4) is 0 Å². The Morgan fingerprint density at radius 3 is 2.76 bits per heavy atom. The van der Waals surface area contributed by atoms with Crippen LogP contribution in [0.5, 0.6) is 0 Å². The fraction of sp³-hybridized carbons (Fsp3) is 0.214. The summed E-state index contributed by atoms with van der Waals surface area (Å²) in [7, 11) is 1.88. The third-order valence-electron chi connectivity index (χ3n) is 2.76. The third-order valence-corrected chi connectivity index (χ3v) is 2.99. The molecule has 1 aromatic heterocycles. The Morgan fingerprint density at radius 2 is 2.12 bits per heavy atom. The first-order chi connectivity index (χ1) is 8.16. The minimum absolute atomic E-state index is 0.164. The standard InChI is InChI=1S/C14H14ClNO/c1-16-9-3-6-13(16)14(17)8-7-11-4-2-5-12(15)10-11/h2-6,9-10H,7-8H2,1H3. The van der Waals surface area contributed by atoms with Gasteiger partial charge >= 0.3 is 0 Å². The number of hydrogen-bond donors (Lipinski definition) is 0. The highest BCUT2D eigenvalue weighted by Gasteiger charge is 2.08. The molecule has 0 saturated carbocycles. The number of carbonyl (C=O) groups is 1. The number of rotatable bonds is 4. The predicted molar refractivity (Wildman–Crippen MR) is 69.5 cm³/mol. The van der Waals surface area contributed by atoms with Gasteiger partial charge in [-0.2, -0.15) is 0 Å². The zero-order valence-corrected chi connectivity index (χ0v) is 10.4. The summed E-state index contributed by atoms with van der Waals surface area (Å²) in [6, 6.07) is 11.4. The first-order valence-electron chi connectivity index (χ1n) is 5.56. The van der Waals surface area contributed by atoms with Crippen LogP contribution in [0.25, 0.3) is 0 Å². The van der Waals surface area contributed by atoms with E-state index < -0.39 is 0 Å². The molecule has 2 rings (SSSR count). The molecule has 0 atom stereocenters. The normalized spacial score (nSPS) is 10.5. The number of aryl methyl sites for hydroxylation is 2. The van der Waals surface area contributed by atoms with Gasteiger partial charge in [0.2, 0.25) is 0 Å². The summed E-state index contributed by atoms with van der Waals surface area (Å²) in [5.41, 5.74) is 1.85. The summed E-state index contributed by atoms with van der Waals surface area (Å²) in [4.78, 5) is 11.9. The van der Waals surface area contributed by atoms with Gasteiger partial charge in [0.05, 0.1) is 5.69 Å². The highest BCUT2D eigenvalue weighted by molar-refractivity contribution is 6.30. The lowest BCUT2D eigenvalue weighted by Crippen LogP contribution is -2.06. The van der Waals surface area contributed by atoms with Gasteiger partial charge in [0.1, 0.15) is 0 Å². The lowest BCUT2D eigenvalue weighted by Gasteiger charge is -2.03. The number of aromatic nitrogens is 1. The largest absolute Gasteiger partial charge is 0.348 e. The summed E-state index contributed by atoms with van der Waals surface area (Å²) in [6.45, 7) is 0. The van der Waals surface area contributed by atoms with E-state index in [0.29, 0.717) is 11.4 Å². The average Bonchev–Trinajstić information content (AvgIpc) is 2.72. The third kappa shape index (κ3) is 2.98. The van der Waals surface area contributed by atoms with Crippen LogP contribution in [0.4, 0.5) is 0 Å². The van der Waals surface area contributed by atoms with Crippen molar-refractivity contribution in [3.05, 3.63) is 58.9 Å². The Morgan fingerprint density at radius 1 is 1.29 bits per heavy atom. The number of halogens is 1. The quantitative estimate of drug-likeness (QED) is 0.758. The van der Waals surface area contributed by atoms with Crippen molar-refractivity contribution in [2.45, 2.75) is 12.8 Å². The summed E-state index contributed by atoms with van der Waals surface area (Å²) in [5, 5.41) is 0.716. The molecule has 0 aliphatic rings. The van der Waals surface area contributed by atoms with E-state index in [1.807, 2.05) is 54.2 Å². The maximum atomic E-state index is 11.9. The van der Waals surface area contributed by atoms with Gasteiger partial charge in [0.15, 0.2) is 5.78 Å². The van der Waals surface area contributed by atoms with Crippen molar-refractivity contribution >= 4 is 17.4 Å². The van der Waals surface area contributed by atoms with Crippen molar-refractivity contribution in [2.24, 2.45) is 7.05 Å². The Bertz CT molecular complexity index is 531. The van der Waals surface area contributed by atoms with Crippen LogP contribution in [0.1, 0.15) is 22.5 Å². The minimum Gasteiger partial charge on any atom is -0.348 e. The fourth-order valence-corrected chi connectivity index (χ4v) is 2.04. The molecule has 88 valence electrons. The molecular formula is C14H14ClNO. The van der Waals surface area contributed by atoms with Gasteiger partial charge < -0.3 is 4.57 Å². The van der Waals surface area contributed by atoms with E-state index in [4.69, 9.17) is 11.6 Å². The van der Waals surface area contributed by atoms with E-state index in [9.17, 15) is 4.79 Å². The summed E-state index contributed by atoms with van der Waals surface area (Å²) in [5.74, 6) is 0.164. The second kappa shape index (κ2) is 5.19. The molecule has 1 aromatic carbocycles. The van der Waals surface area contributed by atoms with Crippen LogP contribution < -0.4 is 0 Å². The molecule has 0 aliphatic heterocycles. The summed E-state index contributed by atoms with van der Waals surface area (Å²) in [6.07, 6.45) is 3.12. The van der Waals surface area contributed by atoms with Gasteiger partial charge in [-0.1, -0.05) is 23.7 Å². The van der Waals surface area contributed by atoms with E-state index in [0.717, 1.165) is 17.7 Å². The number of Topliss-reactive ketones (excluding diaryl/α,β-unsaturated/α-hetero) is 1. The van der Waals surface area contributed by atoms with Crippen molar-refractivity contribution in [2.75, 3.05) is 0 Å². The number of ketones is 1. The molecule has 2 aromatic rings. The Labute approximate surface area is 106 Å². The molecule has 0 spiro atoms. The molecule has 3 heteroatoms. The number of hydrogen-bond acceptors (Lipinski definition) is 1. The molecule has 0 N–H and O–H groups in total. The van der Waals surface area contributed by atoms with Crippen LogP contribution in [-0.2, 0) is 13.5 Å². The molecule has 0 bridgehead atoms. The zero-order valence-electron chi connectivity index (χ0n) is 9.69. The highest BCUT2D eigenvalue weighted by Crippen LogP contribution is 2.13. The number of carbonyl (C=O) groups excluding carboxylic acids is 1. The SMILES string of the molecule is Cn1cccc1C(=O)CCc1cccc(Cl)c1. The maximum absolute atomic E-state index is 11.9. The van der Waals surface area contributed by atoms with Gasteiger partial charge in [-0.3, -0.25) is 4.79 Å². The van der Waals surface area contributed by atoms with Crippen LogP contribution in [0, 0.1) is 0 Å². The molecule has 0 radical (unpaired) electrons. The van der Waals surface area contributed by atoms with Gasteiger partial charge in [-0.15, -0.1) is 0 Å². The van der Waals surface area contributed by atoms with Gasteiger partial charge in [0, 0.05) is 24.7 Å². The molecule has 0 saturated heterocycles. The molecule has 17 heavy (non-hydrogen) atoms. The van der Waals surface area contributed by atoms with Crippen LogP contribution in [0.3, 0.4) is 0 Å². The van der Waals surface area contributed by atoms with Gasteiger partial charge in [-0.25, -0.2) is 0 Å². The smallest absolute Gasteiger partial charge is 0.179 e. The molecule has 0 amide bonds. The monoisotopic (exact) mass is 247 g/mol. The lowest BCUT2D eigenvalue weighted by atomic mass is 10.1. The Balaban J connectivity index is 1.99. The Kier molecular flexibility index (Phi) is 3.64. The number of nitrogens with zero attached hydrogens (tertiary/aromatic N) is 1. The first-order valence-corrected chi connectivity index (χ1v) is 5.93. The van der Waals surface area contributed by atoms with E-state index in [1.54, 1.807) is 0 Å². The van der Waals surface area contributed by atoms with E-state index in [2.05, 4.69) is 0 Å². The van der Waals surface area contributed by atoms with E-state index in [1.165, 1.54) is 0 Å². The molecule has 0 unspecified atom stereocenters. The van der Waals surface area contributed by atoms with Crippen LogP contribution in [-0.4, -0.2) is 10.4 Å². The second-order valence-corrected chi connectivity index (χ2v) is 4.49. The summed E-state index contributed by atoms with van der Waals surface area (Å²) >= 11 is 5.90. The van der Waals surface area contributed by atoms with Crippen LogP contribution >= 0.6 is 11.6 Å². The zero-order chi connectivity index (χ0) is 12.3. The molecule has 2 nitrogen and oxygen atoms in total. The highest BCUT2D eigenvalue weighted by atomic mass is 35.5. The maximum Gasteiger partial charge on any atom is 0.179 e. The van der Waals surface area contributed by atoms with E-state index in [-0.39, 0.29) is 5.78 Å². The van der Waals surface area contributed by atoms with Gasteiger partial charge in [-0.05, 0) is 36.2 Å². The number of benzene rings is 1. The topological polar surface area (TPSA) is 22.0 Å². The van der Waals surface area contributed by atoms with Crippen molar-refractivity contribution in [3.63, 3.8) is 0 Å². The predicted octanol–water partition coefficient (Wildman–Crippen LogP) is 3.49. The average molecular weight is 248 g/mol. The van der Waals surface area contributed by atoms with Crippen LogP contribution in [0.15, 0.2) is 42.6 Å². The second-order valence-electron chi connectivity index (χ2n) is 4.06. The van der Waals surface area contributed by atoms with Crippen molar-refractivity contribution in [1.82, 2.24) is 4.57 Å². The minimum atomic E-state index is 0.164. The molecule has 0 fully saturated rings. The fourth-order valence-electron chi connectivity index (χ4n) is 1.83. The Hall–Kier alpha value is -1.54. The molecular weight excluding hydrogens is 234 g/mol. The first kappa shape index (κ1) is 11.9. The molecule has 0 aliphatic carbocycles. The van der Waals surface area contributed by atoms with Crippen molar-refractivity contribution in [1.29, 1.82) is 0 Å². The van der Waals surface area contributed by atoms with Crippen LogP contribution in [0.2, 0.25) is 5.02 Å². The summed E-state index contributed by atoms with van der Waals surface area (Å²) < 4.78 is 1.85. The van der Waals surface area contributed by atoms with Crippen molar-refractivity contribution < 1.29 is 4.79 Å². The lowest BCUT2D eigenvalue weighted by molar-refractivity contribution is 0.0975.